The Morgan fingerprint density at radius 1 is 1.15 bits per heavy atom. The molecular formula is C18H19N5O3. The molecule has 1 heterocycles. The Labute approximate surface area is 149 Å². The van der Waals surface area contributed by atoms with Crippen LogP contribution in [0.2, 0.25) is 0 Å². The van der Waals surface area contributed by atoms with Crippen molar-refractivity contribution in [1.82, 2.24) is 20.2 Å². The van der Waals surface area contributed by atoms with Crippen molar-refractivity contribution in [1.29, 1.82) is 0 Å². The zero-order valence-electron chi connectivity index (χ0n) is 14.1. The molecule has 2 aliphatic carbocycles. The van der Waals surface area contributed by atoms with E-state index < -0.39 is 17.8 Å². The lowest BCUT2D eigenvalue weighted by Crippen LogP contribution is -2.34. The Balaban J connectivity index is 1.53. The van der Waals surface area contributed by atoms with Gasteiger partial charge < -0.3 is 10.4 Å². The molecule has 1 aromatic carbocycles. The van der Waals surface area contributed by atoms with Crippen molar-refractivity contribution in [3.05, 3.63) is 36.4 Å². The van der Waals surface area contributed by atoms with Gasteiger partial charge in [0.05, 0.1) is 17.9 Å². The van der Waals surface area contributed by atoms with Crippen LogP contribution in [0.4, 0.5) is 5.69 Å². The fourth-order valence-corrected chi connectivity index (χ4v) is 3.30. The summed E-state index contributed by atoms with van der Waals surface area (Å²) >= 11 is 0. The quantitative estimate of drug-likeness (QED) is 0.798. The average Bonchev–Trinajstić information content (AvgIpc) is 3.38. The van der Waals surface area contributed by atoms with Gasteiger partial charge in [-0.05, 0) is 48.2 Å². The Bertz CT molecular complexity index is 871. The second-order valence-corrected chi connectivity index (χ2v) is 6.74. The van der Waals surface area contributed by atoms with E-state index in [9.17, 15) is 14.7 Å². The highest BCUT2D eigenvalue weighted by Crippen LogP contribution is 2.37. The van der Waals surface area contributed by atoms with E-state index in [0.717, 1.165) is 18.4 Å². The third-order valence-electron chi connectivity index (χ3n) is 4.86. The number of benzene rings is 1. The van der Waals surface area contributed by atoms with Gasteiger partial charge in [-0.15, -0.1) is 5.10 Å². The van der Waals surface area contributed by atoms with Crippen molar-refractivity contribution in [2.45, 2.75) is 31.7 Å². The molecule has 8 nitrogen and oxygen atoms in total. The Kier molecular flexibility index (Phi) is 4.24. The molecule has 4 rings (SSSR count). The first-order valence-electron chi connectivity index (χ1n) is 8.70. The van der Waals surface area contributed by atoms with E-state index in [2.05, 4.69) is 20.8 Å². The van der Waals surface area contributed by atoms with E-state index in [-0.39, 0.29) is 5.91 Å². The second-order valence-electron chi connectivity index (χ2n) is 6.74. The number of anilines is 1. The van der Waals surface area contributed by atoms with Gasteiger partial charge in [0.15, 0.2) is 5.82 Å². The molecule has 0 radical (unpaired) electrons. The zero-order valence-corrected chi connectivity index (χ0v) is 14.1. The third kappa shape index (κ3) is 3.22. The zero-order chi connectivity index (χ0) is 18.1. The molecule has 1 fully saturated rings. The molecule has 0 saturated heterocycles. The van der Waals surface area contributed by atoms with Crippen molar-refractivity contribution in [3.63, 3.8) is 0 Å². The van der Waals surface area contributed by atoms with Crippen LogP contribution in [0.15, 0.2) is 36.4 Å². The summed E-state index contributed by atoms with van der Waals surface area (Å²) in [6, 6.07) is 7.66. The van der Waals surface area contributed by atoms with E-state index in [1.165, 1.54) is 0 Å². The van der Waals surface area contributed by atoms with Crippen molar-refractivity contribution in [2.75, 3.05) is 5.32 Å². The van der Waals surface area contributed by atoms with Crippen LogP contribution >= 0.6 is 0 Å². The minimum Gasteiger partial charge on any atom is -0.481 e. The number of hydrogen-bond acceptors (Lipinski definition) is 5. The molecule has 26 heavy (non-hydrogen) atoms. The number of aromatic nitrogens is 4. The molecular weight excluding hydrogens is 334 g/mol. The fraction of sp³-hybridized carbons (Fsp3) is 0.389. The second kappa shape index (κ2) is 6.70. The summed E-state index contributed by atoms with van der Waals surface area (Å²) in [7, 11) is 0. The molecule has 2 atom stereocenters. The predicted molar refractivity (Wildman–Crippen MR) is 93.1 cm³/mol. The van der Waals surface area contributed by atoms with Crippen molar-refractivity contribution in [2.24, 2.45) is 11.8 Å². The number of carbonyl (C=O) groups excluding carboxylic acids is 1. The first kappa shape index (κ1) is 16.4. The van der Waals surface area contributed by atoms with Crippen molar-refractivity contribution in [3.8, 4) is 11.4 Å². The highest BCUT2D eigenvalue weighted by Gasteiger charge is 2.34. The van der Waals surface area contributed by atoms with Gasteiger partial charge in [-0.2, -0.15) is 0 Å². The molecule has 0 spiro atoms. The average molecular weight is 353 g/mol. The van der Waals surface area contributed by atoms with Crippen LogP contribution in [0, 0.1) is 11.8 Å². The lowest BCUT2D eigenvalue weighted by molar-refractivity contribution is -0.146. The maximum atomic E-state index is 12.6. The van der Waals surface area contributed by atoms with Crippen LogP contribution in [-0.4, -0.2) is 37.2 Å². The summed E-state index contributed by atoms with van der Waals surface area (Å²) in [6.07, 6.45) is 6.64. The largest absolute Gasteiger partial charge is 0.481 e. The number of rotatable bonds is 5. The number of carboxylic acid groups (broad SMARTS) is 1. The number of carboxylic acids is 1. The highest BCUT2D eigenvalue weighted by molar-refractivity contribution is 5.95. The lowest BCUT2D eigenvalue weighted by atomic mass is 9.82. The third-order valence-corrected chi connectivity index (χ3v) is 4.86. The smallest absolute Gasteiger partial charge is 0.307 e. The van der Waals surface area contributed by atoms with Gasteiger partial charge in [0.1, 0.15) is 0 Å². The molecule has 0 unspecified atom stereocenters. The molecule has 1 saturated carbocycles. The number of hydrogen-bond donors (Lipinski definition) is 2. The Morgan fingerprint density at radius 3 is 2.65 bits per heavy atom. The van der Waals surface area contributed by atoms with E-state index in [0.29, 0.717) is 30.4 Å². The van der Waals surface area contributed by atoms with Gasteiger partial charge in [-0.1, -0.05) is 24.3 Å². The normalized spacial score (nSPS) is 22.2. The van der Waals surface area contributed by atoms with E-state index in [1.807, 2.05) is 35.0 Å². The molecule has 2 aromatic rings. The van der Waals surface area contributed by atoms with E-state index >= 15 is 0 Å². The Hall–Kier alpha value is -3.03. The molecule has 134 valence electrons. The van der Waals surface area contributed by atoms with Gasteiger partial charge in [0.25, 0.3) is 0 Å². The predicted octanol–water partition coefficient (Wildman–Crippen LogP) is 2.28. The first-order valence-corrected chi connectivity index (χ1v) is 8.70. The number of amides is 1. The summed E-state index contributed by atoms with van der Waals surface area (Å²) in [4.78, 5) is 24.0. The van der Waals surface area contributed by atoms with Gasteiger partial charge in [-0.3, -0.25) is 9.59 Å². The molecule has 0 bridgehead atoms. The number of nitrogens with one attached hydrogen (secondary N) is 1. The molecule has 8 heteroatoms. The Morgan fingerprint density at radius 2 is 1.92 bits per heavy atom. The van der Waals surface area contributed by atoms with Crippen molar-refractivity contribution < 1.29 is 14.7 Å². The molecule has 1 amide bonds. The summed E-state index contributed by atoms with van der Waals surface area (Å²) < 4.78 is 1.81. The van der Waals surface area contributed by atoms with Crippen LogP contribution in [0.3, 0.4) is 0 Å². The maximum absolute atomic E-state index is 12.6. The molecule has 2 aliphatic rings. The first-order chi connectivity index (χ1) is 12.6. The summed E-state index contributed by atoms with van der Waals surface area (Å²) in [5.41, 5.74) is 1.43. The van der Waals surface area contributed by atoms with E-state index in [4.69, 9.17) is 0 Å². The summed E-state index contributed by atoms with van der Waals surface area (Å²) in [5.74, 6) is -1.80. The summed E-state index contributed by atoms with van der Waals surface area (Å²) in [5, 5.41) is 24.1. The van der Waals surface area contributed by atoms with Crippen LogP contribution in [-0.2, 0) is 9.59 Å². The maximum Gasteiger partial charge on any atom is 0.307 e. The lowest BCUT2D eigenvalue weighted by Gasteiger charge is -2.24. The SMILES string of the molecule is O=C(O)[C@H]1CC=CC[C@H]1C(=O)Nc1cccc(-c2nnnn2C2CC2)c1. The number of aliphatic carboxylic acids is 1. The standard InChI is InChI=1S/C18H19N5O3/c24-17(14-6-1-2-7-15(14)18(25)26)19-12-5-3-4-11(10-12)16-20-21-22-23(16)13-8-9-13/h1-5,10,13-15H,6-9H2,(H,19,24)(H,25,26)/t14-,15+/m1/s1. The number of tetrazole rings is 1. The molecule has 1 aromatic heterocycles. The summed E-state index contributed by atoms with van der Waals surface area (Å²) in [6.45, 7) is 0. The number of nitrogens with zero attached hydrogens (tertiary/aromatic N) is 4. The van der Waals surface area contributed by atoms with E-state index in [1.54, 1.807) is 6.07 Å². The van der Waals surface area contributed by atoms with Crippen molar-refractivity contribution >= 4 is 17.6 Å². The topological polar surface area (TPSA) is 110 Å². The minimum atomic E-state index is -0.938. The molecule has 0 aliphatic heterocycles. The van der Waals surface area contributed by atoms with Gasteiger partial charge in [-0.25, -0.2) is 4.68 Å². The van der Waals surface area contributed by atoms with Gasteiger partial charge in [0, 0.05) is 11.3 Å². The van der Waals surface area contributed by atoms with Gasteiger partial charge >= 0.3 is 5.97 Å². The minimum absolute atomic E-state index is 0.277. The van der Waals surface area contributed by atoms with Crippen LogP contribution < -0.4 is 5.32 Å². The monoisotopic (exact) mass is 353 g/mol. The van der Waals surface area contributed by atoms with Gasteiger partial charge in [0.2, 0.25) is 5.91 Å². The fourth-order valence-electron chi connectivity index (χ4n) is 3.30. The number of allylic oxidation sites excluding steroid dienone is 2. The number of carbonyl (C=O) groups is 2. The van der Waals surface area contributed by atoms with Crippen LogP contribution in [0.5, 0.6) is 0 Å². The highest BCUT2D eigenvalue weighted by atomic mass is 16.4. The van der Waals surface area contributed by atoms with Crippen LogP contribution in [0.25, 0.3) is 11.4 Å². The van der Waals surface area contributed by atoms with Crippen LogP contribution in [0.1, 0.15) is 31.7 Å². The molecule has 2 N–H and O–H groups in total.